The Morgan fingerprint density at radius 3 is 2.40 bits per heavy atom. The van der Waals surface area contributed by atoms with Gasteiger partial charge in [0.25, 0.3) is 0 Å². The topological polar surface area (TPSA) is 34.1 Å². The SMILES string of the molecule is CS(=O)(=O)Cc1cccc2ccccc12. The van der Waals surface area contributed by atoms with Crippen molar-refractivity contribution in [2.45, 2.75) is 5.75 Å². The lowest BCUT2D eigenvalue weighted by Gasteiger charge is -2.04. The van der Waals surface area contributed by atoms with Crippen LogP contribution < -0.4 is 0 Å². The Morgan fingerprint density at radius 1 is 1.00 bits per heavy atom. The average molecular weight is 220 g/mol. The smallest absolute Gasteiger partial charge is 0.151 e. The molecule has 0 heterocycles. The molecule has 0 atom stereocenters. The van der Waals surface area contributed by atoms with E-state index in [0.717, 1.165) is 16.3 Å². The summed E-state index contributed by atoms with van der Waals surface area (Å²) in [7, 11) is -2.97. The van der Waals surface area contributed by atoms with Crippen LogP contribution in [-0.2, 0) is 15.6 Å². The van der Waals surface area contributed by atoms with Crippen LogP contribution in [0, 0.1) is 0 Å². The van der Waals surface area contributed by atoms with Crippen LogP contribution in [0.1, 0.15) is 5.56 Å². The Bertz CT molecular complexity index is 580. The molecule has 0 aliphatic rings. The summed E-state index contributed by atoms with van der Waals surface area (Å²) >= 11 is 0. The Kier molecular flexibility index (Phi) is 2.49. The summed E-state index contributed by atoms with van der Waals surface area (Å²) in [6.45, 7) is 0. The highest BCUT2D eigenvalue weighted by Crippen LogP contribution is 2.19. The minimum atomic E-state index is -2.97. The molecule has 2 rings (SSSR count). The summed E-state index contributed by atoms with van der Waals surface area (Å²) < 4.78 is 22.5. The first-order valence-electron chi connectivity index (χ1n) is 4.71. The van der Waals surface area contributed by atoms with Gasteiger partial charge in [0.1, 0.15) is 0 Å². The lowest BCUT2D eigenvalue weighted by molar-refractivity contribution is 0.601. The highest BCUT2D eigenvalue weighted by Gasteiger charge is 2.07. The third-order valence-electron chi connectivity index (χ3n) is 2.30. The normalized spacial score (nSPS) is 11.8. The van der Waals surface area contributed by atoms with Crippen molar-refractivity contribution in [3.63, 3.8) is 0 Å². The van der Waals surface area contributed by atoms with E-state index in [2.05, 4.69) is 0 Å². The number of sulfone groups is 1. The van der Waals surface area contributed by atoms with Gasteiger partial charge >= 0.3 is 0 Å². The zero-order chi connectivity index (χ0) is 10.9. The van der Waals surface area contributed by atoms with E-state index in [-0.39, 0.29) is 5.75 Å². The predicted octanol–water partition coefficient (Wildman–Crippen LogP) is 2.38. The minimum absolute atomic E-state index is 0.106. The first-order valence-corrected chi connectivity index (χ1v) is 6.77. The first kappa shape index (κ1) is 10.2. The van der Waals surface area contributed by atoms with Gasteiger partial charge in [-0.3, -0.25) is 0 Å². The van der Waals surface area contributed by atoms with E-state index in [0.29, 0.717) is 0 Å². The summed E-state index contributed by atoms with van der Waals surface area (Å²) in [5.74, 6) is 0.106. The van der Waals surface area contributed by atoms with Crippen LogP contribution in [0.15, 0.2) is 42.5 Å². The van der Waals surface area contributed by atoms with E-state index >= 15 is 0 Å². The van der Waals surface area contributed by atoms with Crippen molar-refractivity contribution in [2.75, 3.05) is 6.26 Å². The Hall–Kier alpha value is -1.35. The summed E-state index contributed by atoms with van der Waals surface area (Å²) in [5.41, 5.74) is 0.871. The first-order chi connectivity index (χ1) is 7.06. The molecule has 15 heavy (non-hydrogen) atoms. The summed E-state index contributed by atoms with van der Waals surface area (Å²) in [5, 5.41) is 2.10. The van der Waals surface area contributed by atoms with E-state index in [4.69, 9.17) is 0 Å². The molecule has 0 aliphatic heterocycles. The predicted molar refractivity (Wildman–Crippen MR) is 62.5 cm³/mol. The molecule has 0 aromatic heterocycles. The van der Waals surface area contributed by atoms with Crippen molar-refractivity contribution in [3.8, 4) is 0 Å². The fourth-order valence-electron chi connectivity index (χ4n) is 1.70. The van der Waals surface area contributed by atoms with Gasteiger partial charge in [0.05, 0.1) is 5.75 Å². The minimum Gasteiger partial charge on any atom is -0.229 e. The maximum atomic E-state index is 11.2. The molecule has 0 saturated carbocycles. The average Bonchev–Trinajstić information content (AvgIpc) is 2.16. The van der Waals surface area contributed by atoms with E-state index < -0.39 is 9.84 Å². The number of hydrogen-bond acceptors (Lipinski definition) is 2. The largest absolute Gasteiger partial charge is 0.229 e. The second-order valence-corrected chi connectivity index (χ2v) is 5.85. The fraction of sp³-hybridized carbons (Fsp3) is 0.167. The lowest BCUT2D eigenvalue weighted by atomic mass is 10.1. The van der Waals surface area contributed by atoms with Gasteiger partial charge in [0, 0.05) is 6.26 Å². The molecule has 2 nitrogen and oxygen atoms in total. The van der Waals surface area contributed by atoms with Crippen LogP contribution in [0.5, 0.6) is 0 Å². The lowest BCUT2D eigenvalue weighted by Crippen LogP contribution is -2.00. The molecule has 0 radical (unpaired) electrons. The third-order valence-corrected chi connectivity index (χ3v) is 3.13. The molecule has 0 aliphatic carbocycles. The number of hydrogen-bond donors (Lipinski definition) is 0. The molecule has 0 spiro atoms. The Morgan fingerprint density at radius 2 is 1.67 bits per heavy atom. The van der Waals surface area contributed by atoms with Crippen molar-refractivity contribution in [3.05, 3.63) is 48.0 Å². The van der Waals surface area contributed by atoms with Crippen LogP contribution >= 0.6 is 0 Å². The van der Waals surface area contributed by atoms with Gasteiger partial charge in [0.15, 0.2) is 9.84 Å². The van der Waals surface area contributed by atoms with Crippen molar-refractivity contribution in [1.82, 2.24) is 0 Å². The monoisotopic (exact) mass is 220 g/mol. The van der Waals surface area contributed by atoms with Gasteiger partial charge in [0.2, 0.25) is 0 Å². The zero-order valence-electron chi connectivity index (χ0n) is 8.47. The standard InChI is InChI=1S/C12H12O2S/c1-15(13,14)9-11-7-4-6-10-5-2-3-8-12(10)11/h2-8H,9H2,1H3. The molecular weight excluding hydrogens is 208 g/mol. The van der Waals surface area contributed by atoms with Crippen molar-refractivity contribution in [2.24, 2.45) is 0 Å². The summed E-state index contributed by atoms with van der Waals surface area (Å²) in [6.07, 6.45) is 1.26. The van der Waals surface area contributed by atoms with Gasteiger partial charge in [-0.15, -0.1) is 0 Å². The van der Waals surface area contributed by atoms with Gasteiger partial charge in [-0.05, 0) is 16.3 Å². The quantitative estimate of drug-likeness (QED) is 0.778. The second-order valence-electron chi connectivity index (χ2n) is 3.71. The van der Waals surface area contributed by atoms with Gasteiger partial charge in [-0.25, -0.2) is 8.42 Å². The van der Waals surface area contributed by atoms with Crippen LogP contribution in [0.3, 0.4) is 0 Å². The summed E-state index contributed by atoms with van der Waals surface area (Å²) in [4.78, 5) is 0. The molecule has 0 saturated heterocycles. The third kappa shape index (κ3) is 2.36. The van der Waals surface area contributed by atoms with Crippen molar-refractivity contribution in [1.29, 1.82) is 0 Å². The van der Waals surface area contributed by atoms with Crippen LogP contribution in [0.4, 0.5) is 0 Å². The Labute approximate surface area is 89.5 Å². The molecular formula is C12H12O2S. The van der Waals surface area contributed by atoms with E-state index in [9.17, 15) is 8.42 Å². The van der Waals surface area contributed by atoms with Crippen LogP contribution in [-0.4, -0.2) is 14.7 Å². The van der Waals surface area contributed by atoms with E-state index in [1.807, 2.05) is 42.5 Å². The molecule has 0 unspecified atom stereocenters. The fourth-order valence-corrected chi connectivity index (χ4v) is 2.52. The molecule has 2 aromatic rings. The molecule has 2 aromatic carbocycles. The molecule has 0 bridgehead atoms. The maximum absolute atomic E-state index is 11.2. The molecule has 78 valence electrons. The van der Waals surface area contributed by atoms with Gasteiger partial charge in [-0.2, -0.15) is 0 Å². The highest BCUT2D eigenvalue weighted by molar-refractivity contribution is 7.89. The summed E-state index contributed by atoms with van der Waals surface area (Å²) in [6, 6.07) is 13.6. The zero-order valence-corrected chi connectivity index (χ0v) is 9.29. The number of benzene rings is 2. The molecule has 3 heteroatoms. The van der Waals surface area contributed by atoms with E-state index in [1.54, 1.807) is 0 Å². The molecule has 0 amide bonds. The second kappa shape index (κ2) is 3.66. The van der Waals surface area contributed by atoms with Crippen LogP contribution in [0.2, 0.25) is 0 Å². The maximum Gasteiger partial charge on any atom is 0.151 e. The van der Waals surface area contributed by atoms with Gasteiger partial charge < -0.3 is 0 Å². The number of rotatable bonds is 2. The Balaban J connectivity index is 2.61. The van der Waals surface area contributed by atoms with Crippen LogP contribution in [0.25, 0.3) is 10.8 Å². The molecule has 0 fully saturated rings. The van der Waals surface area contributed by atoms with Gasteiger partial charge in [-0.1, -0.05) is 42.5 Å². The highest BCUT2D eigenvalue weighted by atomic mass is 32.2. The molecule has 0 N–H and O–H groups in total. The van der Waals surface area contributed by atoms with Crippen molar-refractivity contribution >= 4 is 20.6 Å². The van der Waals surface area contributed by atoms with Crippen molar-refractivity contribution < 1.29 is 8.42 Å². The van der Waals surface area contributed by atoms with E-state index in [1.165, 1.54) is 6.26 Å². The number of fused-ring (bicyclic) bond motifs is 1.